The van der Waals surface area contributed by atoms with Gasteiger partial charge in [0.15, 0.2) is 0 Å². The van der Waals surface area contributed by atoms with Crippen molar-refractivity contribution in [2.45, 2.75) is 17.7 Å². The number of sulfonamides is 1. The molecule has 0 saturated carbocycles. The highest BCUT2D eigenvalue weighted by atomic mass is 32.2. The van der Waals surface area contributed by atoms with Gasteiger partial charge in [0, 0.05) is 18.7 Å². The van der Waals surface area contributed by atoms with Crippen molar-refractivity contribution in [1.82, 2.24) is 0 Å². The molecule has 0 bridgehead atoms. The predicted octanol–water partition coefficient (Wildman–Crippen LogP) is 2.79. The number of carboxylic acids is 1. The Labute approximate surface area is 201 Å². The molecule has 0 atom stereocenters. The number of carbonyl (C=O) groups excluding carboxylic acids is 1. The standard InChI is InChI=1S/C25H21N3O6S/c26-15-17-5-6-22(21(13-17)25(31)32)27-24(30)19-11-16(8-10-29)12-20(14-19)35(33,34)28-9-7-18-3-1-2-4-23(18)28/h1-6,11-14,29H,7-10H2,(H,27,30)(H,31,32). The Bertz CT molecular complexity index is 1480. The van der Waals surface area contributed by atoms with Crippen molar-refractivity contribution in [2.75, 3.05) is 22.8 Å². The lowest BCUT2D eigenvalue weighted by molar-refractivity contribution is 0.0698. The van der Waals surface area contributed by atoms with Crippen LogP contribution in [0.15, 0.2) is 65.6 Å². The molecule has 3 aromatic carbocycles. The molecule has 0 saturated heterocycles. The second-order valence-electron chi connectivity index (χ2n) is 7.93. The largest absolute Gasteiger partial charge is 0.478 e. The molecule has 4 rings (SSSR count). The van der Waals surface area contributed by atoms with E-state index in [1.165, 1.54) is 34.6 Å². The van der Waals surface area contributed by atoms with Crippen molar-refractivity contribution in [3.63, 3.8) is 0 Å². The number of hydrogen-bond acceptors (Lipinski definition) is 6. The van der Waals surface area contributed by atoms with E-state index in [9.17, 15) is 28.2 Å². The number of fused-ring (bicyclic) bond motifs is 1. The van der Waals surface area contributed by atoms with E-state index < -0.39 is 21.9 Å². The summed E-state index contributed by atoms with van der Waals surface area (Å²) >= 11 is 0. The van der Waals surface area contributed by atoms with Crippen LogP contribution in [-0.2, 0) is 22.9 Å². The first-order valence-electron chi connectivity index (χ1n) is 10.7. The Morgan fingerprint density at radius 3 is 2.57 bits per heavy atom. The molecule has 0 unspecified atom stereocenters. The SMILES string of the molecule is N#Cc1ccc(NC(=O)c2cc(CCO)cc(S(=O)(=O)N3CCc4ccccc43)c2)c(C(=O)O)c1. The van der Waals surface area contributed by atoms with Gasteiger partial charge in [0.05, 0.1) is 33.5 Å². The molecular formula is C25H21N3O6S. The van der Waals surface area contributed by atoms with Crippen LogP contribution < -0.4 is 9.62 Å². The van der Waals surface area contributed by atoms with Crippen LogP contribution in [0.4, 0.5) is 11.4 Å². The number of carbonyl (C=O) groups is 2. The van der Waals surface area contributed by atoms with Crippen molar-refractivity contribution in [3.05, 3.63) is 88.5 Å². The van der Waals surface area contributed by atoms with E-state index in [0.29, 0.717) is 17.7 Å². The summed E-state index contributed by atoms with van der Waals surface area (Å²) in [5.74, 6) is -2.06. The van der Waals surface area contributed by atoms with Crippen LogP contribution in [0.1, 0.15) is 37.4 Å². The zero-order chi connectivity index (χ0) is 25.2. The number of nitrogens with zero attached hydrogens (tertiary/aromatic N) is 2. The summed E-state index contributed by atoms with van der Waals surface area (Å²) in [6.45, 7) is 0.0105. The normalized spacial score (nSPS) is 12.6. The third-order valence-corrected chi connectivity index (χ3v) is 7.48. The van der Waals surface area contributed by atoms with Gasteiger partial charge in [0.2, 0.25) is 0 Å². The Balaban J connectivity index is 1.72. The number of aromatic carboxylic acids is 1. The van der Waals surface area contributed by atoms with Gasteiger partial charge in [-0.2, -0.15) is 5.26 Å². The molecule has 0 spiro atoms. The fraction of sp³-hybridized carbons (Fsp3) is 0.160. The molecule has 1 amide bonds. The van der Waals surface area contributed by atoms with Crippen LogP contribution in [0, 0.1) is 11.3 Å². The minimum Gasteiger partial charge on any atom is -0.478 e. The maximum atomic E-state index is 13.5. The highest BCUT2D eigenvalue weighted by molar-refractivity contribution is 7.92. The zero-order valence-electron chi connectivity index (χ0n) is 18.4. The van der Waals surface area contributed by atoms with Crippen molar-refractivity contribution < 1.29 is 28.2 Å². The maximum absolute atomic E-state index is 13.5. The van der Waals surface area contributed by atoms with Gasteiger partial charge in [0.1, 0.15) is 0 Å². The number of benzene rings is 3. The van der Waals surface area contributed by atoms with Gasteiger partial charge in [-0.15, -0.1) is 0 Å². The summed E-state index contributed by atoms with van der Waals surface area (Å²) in [5.41, 5.74) is 1.71. The van der Waals surface area contributed by atoms with Gasteiger partial charge in [-0.05, 0) is 66.4 Å². The number of nitriles is 1. The van der Waals surface area contributed by atoms with Gasteiger partial charge in [0.25, 0.3) is 15.9 Å². The minimum absolute atomic E-state index is 0.0114. The van der Waals surface area contributed by atoms with E-state index in [4.69, 9.17) is 5.26 Å². The lowest BCUT2D eigenvalue weighted by Crippen LogP contribution is -2.29. The molecule has 178 valence electrons. The Hall–Kier alpha value is -4.20. The summed E-state index contributed by atoms with van der Waals surface area (Å²) in [5, 5.41) is 30.4. The number of aliphatic hydroxyl groups is 1. The first-order valence-corrected chi connectivity index (χ1v) is 12.1. The zero-order valence-corrected chi connectivity index (χ0v) is 19.2. The molecule has 9 nitrogen and oxygen atoms in total. The Kier molecular flexibility index (Phi) is 6.55. The van der Waals surface area contributed by atoms with Crippen molar-refractivity contribution in [3.8, 4) is 6.07 Å². The topological polar surface area (TPSA) is 148 Å². The summed E-state index contributed by atoms with van der Waals surface area (Å²) in [6.07, 6.45) is 0.688. The first-order chi connectivity index (χ1) is 16.7. The van der Waals surface area contributed by atoms with Gasteiger partial charge < -0.3 is 15.5 Å². The van der Waals surface area contributed by atoms with Crippen LogP contribution in [0.5, 0.6) is 0 Å². The van der Waals surface area contributed by atoms with Gasteiger partial charge in [-0.3, -0.25) is 9.10 Å². The van der Waals surface area contributed by atoms with Crippen molar-refractivity contribution in [2.24, 2.45) is 0 Å². The molecule has 0 aromatic heterocycles. The number of amides is 1. The van der Waals surface area contributed by atoms with Crippen LogP contribution in [-0.4, -0.2) is 43.7 Å². The fourth-order valence-corrected chi connectivity index (χ4v) is 5.59. The number of hydrogen-bond donors (Lipinski definition) is 3. The van der Waals surface area contributed by atoms with E-state index in [0.717, 1.165) is 11.6 Å². The molecule has 1 aliphatic heterocycles. The van der Waals surface area contributed by atoms with Crippen LogP contribution in [0.2, 0.25) is 0 Å². The Morgan fingerprint density at radius 2 is 1.86 bits per heavy atom. The van der Waals surface area contributed by atoms with E-state index >= 15 is 0 Å². The molecule has 3 N–H and O–H groups in total. The van der Waals surface area contributed by atoms with Crippen LogP contribution >= 0.6 is 0 Å². The van der Waals surface area contributed by atoms with Crippen molar-refractivity contribution >= 4 is 33.3 Å². The molecular weight excluding hydrogens is 470 g/mol. The number of aliphatic hydroxyl groups excluding tert-OH is 1. The number of carboxylic acid groups (broad SMARTS) is 1. The van der Waals surface area contributed by atoms with Crippen molar-refractivity contribution in [1.29, 1.82) is 5.26 Å². The monoisotopic (exact) mass is 491 g/mol. The molecule has 0 radical (unpaired) electrons. The van der Waals surface area contributed by atoms with Crippen LogP contribution in [0.25, 0.3) is 0 Å². The van der Waals surface area contributed by atoms with Gasteiger partial charge in [-0.25, -0.2) is 13.2 Å². The molecule has 3 aromatic rings. The lowest BCUT2D eigenvalue weighted by Gasteiger charge is -2.20. The number of para-hydroxylation sites is 1. The number of rotatable bonds is 7. The molecule has 1 aliphatic rings. The first kappa shape index (κ1) is 23.9. The smallest absolute Gasteiger partial charge is 0.337 e. The Morgan fingerprint density at radius 1 is 1.09 bits per heavy atom. The second kappa shape index (κ2) is 9.58. The third kappa shape index (κ3) is 4.73. The second-order valence-corrected chi connectivity index (χ2v) is 9.79. The minimum atomic E-state index is -4.01. The average molecular weight is 492 g/mol. The van der Waals surface area contributed by atoms with Gasteiger partial charge in [-0.1, -0.05) is 18.2 Å². The number of anilines is 2. The molecule has 0 aliphatic carbocycles. The van der Waals surface area contributed by atoms with Gasteiger partial charge >= 0.3 is 5.97 Å². The third-order valence-electron chi connectivity index (χ3n) is 5.69. The molecule has 10 heteroatoms. The summed E-state index contributed by atoms with van der Waals surface area (Å²) < 4.78 is 28.3. The molecule has 1 heterocycles. The highest BCUT2D eigenvalue weighted by Gasteiger charge is 2.31. The predicted molar refractivity (Wildman–Crippen MR) is 128 cm³/mol. The summed E-state index contributed by atoms with van der Waals surface area (Å²) in [6, 6.07) is 16.9. The summed E-state index contributed by atoms with van der Waals surface area (Å²) in [7, 11) is -4.01. The van der Waals surface area contributed by atoms with E-state index in [1.807, 2.05) is 18.2 Å². The van der Waals surface area contributed by atoms with E-state index in [-0.39, 0.29) is 46.8 Å². The fourth-order valence-electron chi connectivity index (χ4n) is 3.99. The average Bonchev–Trinajstić information content (AvgIpc) is 3.29. The number of nitrogens with one attached hydrogen (secondary N) is 1. The highest BCUT2D eigenvalue weighted by Crippen LogP contribution is 2.33. The van der Waals surface area contributed by atoms with E-state index in [1.54, 1.807) is 12.1 Å². The van der Waals surface area contributed by atoms with Crippen LogP contribution in [0.3, 0.4) is 0 Å². The molecule has 0 fully saturated rings. The van der Waals surface area contributed by atoms with E-state index in [2.05, 4.69) is 5.32 Å². The maximum Gasteiger partial charge on any atom is 0.337 e. The molecule has 35 heavy (non-hydrogen) atoms. The lowest BCUT2D eigenvalue weighted by atomic mass is 10.1. The summed E-state index contributed by atoms with van der Waals surface area (Å²) in [4.78, 5) is 24.6. The quantitative estimate of drug-likeness (QED) is 0.460.